The van der Waals surface area contributed by atoms with Gasteiger partial charge in [0.1, 0.15) is 120 Å². The number of rotatable bonds is 20. The fraction of sp³-hybridized carbons (Fsp3) is 0.432. The molecule has 5 aromatic carbocycles. The number of carbonyl (C=O) groups is 8. The van der Waals surface area contributed by atoms with Crippen LogP contribution in [0.15, 0.2) is 109 Å². The number of likely N-dealkylation sites (N-methyl/N-ethyl adjacent to an activating group) is 1. The molecule has 24 N–H and O–H groups in total. The number of nitrogens with one attached hydrogen (secondary N) is 8. The molecule has 3 saturated heterocycles. The number of phenols is 3. The zero-order valence-corrected chi connectivity index (χ0v) is 69.2. The SMILES string of the molecule is CN[C@H](CC(C)C)C(=O)N[C@H]1C(=O)N[C@@H](CC(N)=O)C(=O)N[C@H]2C(=O)N[C@H]3C(=O)N[C@H](C(=O)N[C@@H](C(=O)O)c4cc(O)cc(O)c4-c4cc3ccc4O)[C@H](OC3C[C@](C)(N)[C@@H](O)[C@H](C)O3)c3ccc(c(Cl)c3)Oc3cc2cc(c3O[C@@H]2O[C@H](CO)[C@@H](O[C@@H]3O[C@H](CNCc4ccc(-c5cccs5)s4)[C@H](O)[C@H](O)[C@H]3O)[C@H](O)[C@H]2O)Oc2ccc(cc2Cl)[C@H]1O. The zero-order valence-electron chi connectivity index (χ0n) is 66.0. The summed E-state index contributed by atoms with van der Waals surface area (Å²) < 4.78 is 51.2. The van der Waals surface area contributed by atoms with Gasteiger partial charge in [-0.25, -0.2) is 4.79 Å². The van der Waals surface area contributed by atoms with Gasteiger partial charge < -0.3 is 153 Å². The molecule has 42 heteroatoms. The van der Waals surface area contributed by atoms with E-state index in [4.69, 9.17) is 72.6 Å². The summed E-state index contributed by atoms with van der Waals surface area (Å²) in [6.45, 7) is 5.58. The number of benzene rings is 5. The first-order chi connectivity index (χ1) is 58.4. The van der Waals surface area contributed by atoms with Gasteiger partial charge in [0, 0.05) is 62.4 Å². The first-order valence-electron chi connectivity index (χ1n) is 38.8. The third-order valence-corrected chi connectivity index (χ3v) is 24.5. The lowest BCUT2D eigenvalue weighted by atomic mass is 9.86. The first-order valence-corrected chi connectivity index (χ1v) is 41.3. The van der Waals surface area contributed by atoms with E-state index in [1.165, 1.54) is 44.4 Å². The number of amides is 7. The lowest BCUT2D eigenvalue weighted by Gasteiger charge is -2.46. The van der Waals surface area contributed by atoms with E-state index in [9.17, 15) is 75.7 Å². The summed E-state index contributed by atoms with van der Waals surface area (Å²) in [4.78, 5) is 123. The van der Waals surface area contributed by atoms with Gasteiger partial charge in [0.15, 0.2) is 30.1 Å². The summed E-state index contributed by atoms with van der Waals surface area (Å²) in [7, 11) is 1.46. The topological polar surface area (TPSA) is 601 Å². The van der Waals surface area contributed by atoms with E-state index < -0.39 is 279 Å². The fourth-order valence-electron chi connectivity index (χ4n) is 15.4. The number of carboxylic acid groups (broad SMARTS) is 1. The van der Waals surface area contributed by atoms with Crippen LogP contribution in [0.4, 0.5) is 0 Å². The van der Waals surface area contributed by atoms with Crippen molar-refractivity contribution in [3.63, 3.8) is 0 Å². The van der Waals surface area contributed by atoms with Crippen LogP contribution in [0.5, 0.6) is 46.0 Å². The molecule has 15 rings (SSSR count). The number of carboxylic acids is 1. The molecule has 11 bridgehead atoms. The average molecular weight is 1790 g/mol. The molecule has 7 aromatic rings. The Morgan fingerprint density at radius 3 is 1.97 bits per heavy atom. The molecular weight excluding hydrogens is 1700 g/mol. The summed E-state index contributed by atoms with van der Waals surface area (Å²) in [6.07, 6.45) is -28.9. The average Bonchev–Trinajstić information content (AvgIpc) is 1.62. The van der Waals surface area contributed by atoms with Crippen LogP contribution < -0.4 is 68.2 Å². The van der Waals surface area contributed by atoms with Crippen molar-refractivity contribution < 1.29 is 138 Å². The molecule has 10 heterocycles. The highest BCUT2D eigenvalue weighted by molar-refractivity contribution is 7.21. The highest BCUT2D eigenvalue weighted by atomic mass is 35.5. The Balaban J connectivity index is 0.977. The highest BCUT2D eigenvalue weighted by Gasteiger charge is 2.53. The van der Waals surface area contributed by atoms with E-state index in [0.717, 1.165) is 81.4 Å². The lowest BCUT2D eigenvalue weighted by molar-refractivity contribution is -0.350. The minimum Gasteiger partial charge on any atom is -0.508 e. The van der Waals surface area contributed by atoms with Crippen molar-refractivity contribution in [2.75, 3.05) is 20.2 Å². The van der Waals surface area contributed by atoms with Gasteiger partial charge in [-0.15, -0.1) is 22.7 Å². The minimum atomic E-state index is -2.42. The molecule has 8 aliphatic rings. The van der Waals surface area contributed by atoms with Gasteiger partial charge in [0.25, 0.3) is 0 Å². The number of hydrogen-bond acceptors (Lipinski definition) is 32. The lowest BCUT2D eigenvalue weighted by Crippen LogP contribution is -2.65. The Morgan fingerprint density at radius 1 is 0.675 bits per heavy atom. The number of fused-ring (bicyclic) bond motifs is 15. The molecule has 0 saturated carbocycles. The molecule has 660 valence electrons. The normalized spacial score (nSPS) is 30.1. The van der Waals surface area contributed by atoms with E-state index in [-0.39, 0.29) is 48.5 Å². The van der Waals surface area contributed by atoms with Crippen molar-refractivity contribution in [2.45, 2.75) is 193 Å². The van der Waals surface area contributed by atoms with E-state index in [1.54, 1.807) is 11.3 Å². The molecule has 38 nitrogen and oxygen atoms in total. The van der Waals surface area contributed by atoms with Crippen LogP contribution in [0, 0.1) is 5.92 Å². The molecule has 23 atom stereocenters. The van der Waals surface area contributed by atoms with E-state index in [1.807, 2.05) is 43.5 Å². The number of aliphatic hydroxyl groups excluding tert-OH is 8. The number of primary amides is 1. The van der Waals surface area contributed by atoms with Gasteiger partial charge in [0.2, 0.25) is 53.4 Å². The van der Waals surface area contributed by atoms with Crippen molar-refractivity contribution in [1.82, 2.24) is 42.5 Å². The number of phenolic OH excluding ortho intramolecular Hbond substituents is 3. The van der Waals surface area contributed by atoms with Crippen LogP contribution in [0.1, 0.15) is 110 Å². The molecule has 0 spiro atoms. The van der Waals surface area contributed by atoms with Crippen molar-refractivity contribution in [2.24, 2.45) is 17.4 Å². The Kier molecular flexibility index (Phi) is 27.9. The second-order valence-corrected chi connectivity index (χ2v) is 34.1. The number of aromatic hydroxyl groups is 3. The number of hydrogen-bond donors (Lipinski definition) is 22. The summed E-state index contributed by atoms with van der Waals surface area (Å²) in [5.74, 6) is -16.6. The largest absolute Gasteiger partial charge is 0.508 e. The van der Waals surface area contributed by atoms with Crippen LogP contribution in [0.2, 0.25) is 10.0 Å². The predicted octanol–water partition coefficient (Wildman–Crippen LogP) is 1.52. The first kappa shape index (κ1) is 90.7. The molecule has 2 aromatic heterocycles. The third kappa shape index (κ3) is 19.7. The fourth-order valence-corrected chi connectivity index (χ4v) is 17.6. The standard InChI is InChI=1S/C81H92Cl2N10O28S2/c1-30(2)17-42(86-5)72(106)92-60-62(99)33-9-13-46(40(82)19-33)115-48-21-35-22-49(69(48)120-80-67(104)65(102)70(51(29-94)118-80)121-79-66(103)64(101)63(100)50(117-79)28-87-27-37-11-15-53(123-37)52-7-6-16-122-52)116-47-14-10-34(20-41(47)83)68(119-55-26-81(4,85)71(105)31(3)114-55)61-77(111)91-59(78(112)113)39-23-36(95)24-45(97)56(39)38-18-32(8-12-44(38)96)57(74(108)93-61)90-75(109)58(35)89-73(107)43(25-54(84)98)88-76(60)110/h6-16,18-24,30-31,42-43,50-51,55,57-68,70-71,79-80,86-87,94-97,99-105H,17,25-29,85H2,1-5H3,(H2,84,98)(H,88,110)(H,89,107)(H,90,109)(H,91,111)(H,92,106)(H,93,108)(H,112,113)/t31-,42+,43-,50+,51+,55?,57+,58+,59+,60+,61-,62+,63-,64-,65+,66+,67+,68+,70+,71-,79-,80-,81-/m0/s1. The van der Waals surface area contributed by atoms with Gasteiger partial charge in [-0.1, -0.05) is 61.3 Å². The van der Waals surface area contributed by atoms with Gasteiger partial charge in [-0.05, 0) is 134 Å². The van der Waals surface area contributed by atoms with Crippen molar-refractivity contribution in [1.29, 1.82) is 0 Å². The molecule has 7 amide bonds. The summed E-state index contributed by atoms with van der Waals surface area (Å²) in [5, 5.41) is 161. The Bertz CT molecular complexity index is 5130. The Morgan fingerprint density at radius 2 is 1.33 bits per heavy atom. The van der Waals surface area contributed by atoms with Gasteiger partial charge in [-0.3, -0.25) is 33.6 Å². The molecule has 3 fully saturated rings. The van der Waals surface area contributed by atoms with Crippen molar-refractivity contribution in [3.8, 4) is 66.9 Å². The third-order valence-electron chi connectivity index (χ3n) is 21.8. The Hall–Kier alpha value is -10.00. The monoisotopic (exact) mass is 1790 g/mol. The molecular formula is C81H92Cl2N10O28S2. The maximum Gasteiger partial charge on any atom is 0.330 e. The smallest absolute Gasteiger partial charge is 0.330 e. The number of carbonyl (C=O) groups excluding carboxylic acids is 7. The van der Waals surface area contributed by atoms with Crippen LogP contribution in [0.25, 0.3) is 20.9 Å². The Labute approximate surface area is 718 Å². The maximum absolute atomic E-state index is 16.4. The second-order valence-electron chi connectivity index (χ2n) is 31.2. The molecule has 123 heavy (non-hydrogen) atoms. The molecule has 1 unspecified atom stereocenters. The molecule has 8 aliphatic heterocycles. The van der Waals surface area contributed by atoms with E-state index >= 15 is 24.0 Å². The van der Waals surface area contributed by atoms with Crippen molar-refractivity contribution >= 4 is 93.2 Å². The second kappa shape index (κ2) is 37.8. The summed E-state index contributed by atoms with van der Waals surface area (Å²) in [6, 6.07) is 6.82. The summed E-state index contributed by atoms with van der Waals surface area (Å²) >= 11 is 17.6. The number of thiophene rings is 2. The van der Waals surface area contributed by atoms with Gasteiger partial charge in [0.05, 0.1) is 41.3 Å². The predicted molar refractivity (Wildman–Crippen MR) is 434 cm³/mol. The minimum absolute atomic E-state index is 0.126. The van der Waals surface area contributed by atoms with E-state index in [2.05, 4.69) is 42.5 Å². The number of halogens is 2. The van der Waals surface area contributed by atoms with Crippen LogP contribution in [-0.2, 0) is 68.6 Å². The van der Waals surface area contributed by atoms with Crippen LogP contribution in [-0.4, -0.2) is 238 Å². The number of aliphatic carboxylic acids is 1. The van der Waals surface area contributed by atoms with Gasteiger partial charge >= 0.3 is 5.97 Å². The number of ether oxygens (including phenoxy) is 8. The van der Waals surface area contributed by atoms with Gasteiger partial charge in [-0.2, -0.15) is 0 Å². The zero-order chi connectivity index (χ0) is 88.6. The van der Waals surface area contributed by atoms with Crippen molar-refractivity contribution in [3.05, 3.63) is 151 Å². The van der Waals surface area contributed by atoms with Crippen LogP contribution in [0.3, 0.4) is 0 Å². The molecule has 0 radical (unpaired) electrons. The quantitative estimate of drug-likeness (QED) is 0.0514. The maximum atomic E-state index is 16.4. The summed E-state index contributed by atoms with van der Waals surface area (Å²) in [5.41, 5.74) is 8.02. The van der Waals surface area contributed by atoms with E-state index in [0.29, 0.717) is 0 Å². The molecule has 0 aliphatic carbocycles. The number of aliphatic hydroxyl groups is 8. The highest BCUT2D eigenvalue weighted by Crippen LogP contribution is 2.51. The number of nitrogens with two attached hydrogens (primary N) is 2. The van der Waals surface area contributed by atoms with Crippen LogP contribution >= 0.6 is 45.9 Å².